The molecule has 0 atom stereocenters. The van der Waals surface area contributed by atoms with Crippen molar-refractivity contribution in [3.8, 4) is 0 Å². The summed E-state index contributed by atoms with van der Waals surface area (Å²) in [5.41, 5.74) is 0.926. The molecule has 7 heteroatoms. The Labute approximate surface area is 127 Å². The van der Waals surface area contributed by atoms with Gasteiger partial charge in [-0.05, 0) is 23.8 Å². The smallest absolute Gasteiger partial charge is 0.148 e. The van der Waals surface area contributed by atoms with Gasteiger partial charge in [-0.25, -0.2) is 22.8 Å². The minimum absolute atomic E-state index is 0.120. The van der Waals surface area contributed by atoms with Gasteiger partial charge in [0.25, 0.3) is 0 Å². The zero-order valence-electron chi connectivity index (χ0n) is 11.5. The molecule has 0 bridgehead atoms. The molecule has 0 saturated heterocycles. The van der Waals surface area contributed by atoms with Crippen LogP contribution in [0.1, 0.15) is 11.4 Å². The summed E-state index contributed by atoms with van der Waals surface area (Å²) < 4.78 is 35.0. The summed E-state index contributed by atoms with van der Waals surface area (Å²) in [6.07, 6.45) is 3.38. The molecule has 2 rings (SSSR count). The van der Waals surface area contributed by atoms with Gasteiger partial charge in [0.15, 0.2) is 0 Å². The van der Waals surface area contributed by atoms with Crippen molar-refractivity contribution < 1.29 is 12.8 Å². The lowest BCUT2D eigenvalue weighted by Crippen LogP contribution is -2.05. The highest BCUT2D eigenvalue weighted by molar-refractivity contribution is 8.00. The van der Waals surface area contributed by atoms with Crippen molar-refractivity contribution in [2.24, 2.45) is 0 Å². The topological polar surface area (TPSA) is 59.9 Å². The average molecular weight is 326 g/mol. The standard InChI is InChI=1S/C14H15FN2O2S2/c1-21(18,19)9-8-20-14-6-7-16-13(17-14)10-11-2-4-12(15)5-3-11/h2-7H,8-10H2,1H3. The van der Waals surface area contributed by atoms with E-state index in [1.54, 1.807) is 24.4 Å². The van der Waals surface area contributed by atoms with Gasteiger partial charge in [-0.2, -0.15) is 0 Å². The van der Waals surface area contributed by atoms with Crippen molar-refractivity contribution in [3.63, 3.8) is 0 Å². The van der Waals surface area contributed by atoms with Crippen LogP contribution < -0.4 is 0 Å². The van der Waals surface area contributed by atoms with E-state index in [-0.39, 0.29) is 11.6 Å². The SMILES string of the molecule is CS(=O)(=O)CCSc1ccnc(Cc2ccc(F)cc2)n1. The Bertz CT molecular complexity index is 703. The number of hydrogen-bond acceptors (Lipinski definition) is 5. The Hall–Kier alpha value is -1.47. The highest BCUT2D eigenvalue weighted by Crippen LogP contribution is 2.16. The minimum atomic E-state index is -2.96. The van der Waals surface area contributed by atoms with Gasteiger partial charge in [0.1, 0.15) is 21.5 Å². The maximum Gasteiger partial charge on any atom is 0.148 e. The van der Waals surface area contributed by atoms with Crippen LogP contribution in [-0.4, -0.2) is 36.1 Å². The normalized spacial score (nSPS) is 11.5. The first-order valence-corrected chi connectivity index (χ1v) is 9.34. The summed E-state index contributed by atoms with van der Waals surface area (Å²) >= 11 is 1.38. The first kappa shape index (κ1) is 15.9. The Balaban J connectivity index is 1.99. The number of halogens is 1. The molecule has 0 spiro atoms. The van der Waals surface area contributed by atoms with Gasteiger partial charge >= 0.3 is 0 Å². The number of hydrogen-bond donors (Lipinski definition) is 0. The zero-order chi connectivity index (χ0) is 15.3. The van der Waals surface area contributed by atoms with Gasteiger partial charge in [0.05, 0.1) is 10.8 Å². The van der Waals surface area contributed by atoms with Crippen molar-refractivity contribution in [2.75, 3.05) is 17.8 Å². The third-order valence-corrected chi connectivity index (χ3v) is 4.79. The fraction of sp³-hybridized carbons (Fsp3) is 0.286. The number of benzene rings is 1. The number of sulfone groups is 1. The highest BCUT2D eigenvalue weighted by Gasteiger charge is 2.05. The van der Waals surface area contributed by atoms with Gasteiger partial charge in [-0.1, -0.05) is 12.1 Å². The Morgan fingerprint density at radius 3 is 2.57 bits per heavy atom. The lowest BCUT2D eigenvalue weighted by Gasteiger charge is -2.04. The van der Waals surface area contributed by atoms with E-state index in [0.29, 0.717) is 18.0 Å². The second-order valence-corrected chi connectivity index (χ2v) is 7.97. The van der Waals surface area contributed by atoms with Crippen molar-refractivity contribution in [3.05, 3.63) is 53.7 Å². The zero-order valence-corrected chi connectivity index (χ0v) is 13.1. The number of nitrogens with zero attached hydrogens (tertiary/aromatic N) is 2. The van der Waals surface area contributed by atoms with Crippen LogP contribution in [0.5, 0.6) is 0 Å². The monoisotopic (exact) mass is 326 g/mol. The first-order valence-electron chi connectivity index (χ1n) is 6.29. The molecule has 0 fully saturated rings. The van der Waals surface area contributed by atoms with Gasteiger partial charge in [-0.3, -0.25) is 0 Å². The molecule has 0 saturated carbocycles. The molecule has 0 aliphatic heterocycles. The van der Waals surface area contributed by atoms with E-state index in [2.05, 4.69) is 9.97 Å². The Morgan fingerprint density at radius 1 is 1.19 bits per heavy atom. The second kappa shape index (κ2) is 7.00. The molecule has 4 nitrogen and oxygen atoms in total. The number of thioether (sulfide) groups is 1. The van der Waals surface area contributed by atoms with E-state index in [1.165, 1.54) is 30.2 Å². The summed E-state index contributed by atoms with van der Waals surface area (Å²) in [4.78, 5) is 8.55. The summed E-state index contributed by atoms with van der Waals surface area (Å²) in [5.74, 6) is 0.941. The van der Waals surface area contributed by atoms with E-state index in [9.17, 15) is 12.8 Å². The summed E-state index contributed by atoms with van der Waals surface area (Å²) in [5, 5.41) is 0.741. The average Bonchev–Trinajstić information content (AvgIpc) is 2.40. The van der Waals surface area contributed by atoms with Crippen LogP contribution in [0.4, 0.5) is 4.39 Å². The maximum absolute atomic E-state index is 12.8. The summed E-state index contributed by atoms with van der Waals surface area (Å²) in [7, 11) is -2.96. The summed E-state index contributed by atoms with van der Waals surface area (Å²) in [6, 6.07) is 7.95. The molecular weight excluding hydrogens is 311 g/mol. The fourth-order valence-corrected chi connectivity index (χ4v) is 3.71. The molecule has 112 valence electrons. The van der Waals surface area contributed by atoms with Crippen LogP contribution >= 0.6 is 11.8 Å². The fourth-order valence-electron chi connectivity index (χ4n) is 1.63. The van der Waals surface area contributed by atoms with Crippen LogP contribution in [-0.2, 0) is 16.3 Å². The van der Waals surface area contributed by atoms with Crippen molar-refractivity contribution in [1.82, 2.24) is 9.97 Å². The Kier molecular flexibility index (Phi) is 5.30. The first-order chi connectivity index (χ1) is 9.92. The van der Waals surface area contributed by atoms with E-state index in [0.717, 1.165) is 10.6 Å². The predicted octanol–water partition coefficient (Wildman–Crippen LogP) is 2.34. The van der Waals surface area contributed by atoms with Crippen molar-refractivity contribution in [1.29, 1.82) is 0 Å². The maximum atomic E-state index is 12.8. The molecule has 0 N–H and O–H groups in total. The molecule has 0 amide bonds. The van der Waals surface area contributed by atoms with Gasteiger partial charge < -0.3 is 0 Å². The molecule has 1 aromatic heterocycles. The van der Waals surface area contributed by atoms with Crippen LogP contribution in [0.3, 0.4) is 0 Å². The molecule has 21 heavy (non-hydrogen) atoms. The predicted molar refractivity (Wildman–Crippen MR) is 81.7 cm³/mol. The quantitative estimate of drug-likeness (QED) is 0.602. The number of aromatic nitrogens is 2. The van der Waals surface area contributed by atoms with E-state index < -0.39 is 9.84 Å². The van der Waals surface area contributed by atoms with Crippen LogP contribution in [0.25, 0.3) is 0 Å². The molecule has 0 aliphatic rings. The molecule has 0 radical (unpaired) electrons. The lowest BCUT2D eigenvalue weighted by atomic mass is 10.1. The van der Waals surface area contributed by atoms with Crippen LogP contribution in [0, 0.1) is 5.82 Å². The molecule has 0 aliphatic carbocycles. The lowest BCUT2D eigenvalue weighted by molar-refractivity contribution is 0.603. The Morgan fingerprint density at radius 2 is 1.90 bits per heavy atom. The van der Waals surface area contributed by atoms with E-state index >= 15 is 0 Å². The third kappa shape index (κ3) is 5.81. The van der Waals surface area contributed by atoms with Gasteiger partial charge in [-0.15, -0.1) is 11.8 Å². The third-order valence-electron chi connectivity index (χ3n) is 2.66. The van der Waals surface area contributed by atoms with Crippen LogP contribution in [0.15, 0.2) is 41.6 Å². The molecule has 1 heterocycles. The van der Waals surface area contributed by atoms with Crippen molar-refractivity contribution >= 4 is 21.6 Å². The number of rotatable bonds is 6. The molecule has 0 unspecified atom stereocenters. The van der Waals surface area contributed by atoms with Gasteiger partial charge in [0.2, 0.25) is 0 Å². The van der Waals surface area contributed by atoms with E-state index in [4.69, 9.17) is 0 Å². The molecular formula is C14H15FN2O2S2. The van der Waals surface area contributed by atoms with E-state index in [1.807, 2.05) is 0 Å². The molecule has 2 aromatic rings. The van der Waals surface area contributed by atoms with Gasteiger partial charge in [0, 0.05) is 24.6 Å². The largest absolute Gasteiger partial charge is 0.241 e. The highest BCUT2D eigenvalue weighted by atomic mass is 32.2. The van der Waals surface area contributed by atoms with Crippen LogP contribution in [0.2, 0.25) is 0 Å². The minimum Gasteiger partial charge on any atom is -0.241 e. The second-order valence-electron chi connectivity index (χ2n) is 4.59. The van der Waals surface area contributed by atoms with Crippen molar-refractivity contribution in [2.45, 2.75) is 11.4 Å². The summed E-state index contributed by atoms with van der Waals surface area (Å²) in [6.45, 7) is 0. The molecule has 1 aromatic carbocycles.